The monoisotopic (exact) mass is 227 g/mol. The topological polar surface area (TPSA) is 20.3 Å². The van der Waals surface area contributed by atoms with Crippen LogP contribution in [0.5, 0.6) is 0 Å². The van der Waals surface area contributed by atoms with Crippen molar-refractivity contribution in [3.05, 3.63) is 35.4 Å². The molecule has 0 aliphatic carbocycles. The highest BCUT2D eigenvalue weighted by molar-refractivity contribution is 5.79. The Bertz CT molecular complexity index is 455. The van der Waals surface area contributed by atoms with Crippen LogP contribution >= 0.6 is 0 Å². The summed E-state index contributed by atoms with van der Waals surface area (Å²) in [6.07, 6.45) is 5.88. The molecule has 1 fully saturated rings. The van der Waals surface area contributed by atoms with Gasteiger partial charge in [-0.1, -0.05) is 29.8 Å². The van der Waals surface area contributed by atoms with E-state index >= 15 is 0 Å². The summed E-state index contributed by atoms with van der Waals surface area (Å²) >= 11 is 0. The largest absolute Gasteiger partial charge is 0.335 e. The van der Waals surface area contributed by atoms with Crippen LogP contribution in [0.1, 0.15) is 30.5 Å². The van der Waals surface area contributed by atoms with Gasteiger partial charge < -0.3 is 4.90 Å². The first-order chi connectivity index (χ1) is 8.11. The van der Waals surface area contributed by atoms with Crippen molar-refractivity contribution in [3.63, 3.8) is 0 Å². The van der Waals surface area contributed by atoms with Gasteiger partial charge in [0.05, 0.1) is 6.04 Å². The number of benzene rings is 1. The summed E-state index contributed by atoms with van der Waals surface area (Å²) in [6.45, 7) is 4.80. The van der Waals surface area contributed by atoms with Gasteiger partial charge in [0.1, 0.15) is 0 Å². The number of nitrogens with zero attached hydrogens (tertiary/aromatic N) is 1. The summed E-state index contributed by atoms with van der Waals surface area (Å²) in [5.41, 5.74) is 2.40. The van der Waals surface area contributed by atoms with Crippen molar-refractivity contribution < 1.29 is 4.79 Å². The van der Waals surface area contributed by atoms with E-state index in [1.54, 1.807) is 0 Å². The first kappa shape index (κ1) is 11.7. The number of rotatable bonds is 2. The van der Waals surface area contributed by atoms with E-state index in [2.05, 4.69) is 44.0 Å². The van der Waals surface area contributed by atoms with Gasteiger partial charge >= 0.3 is 0 Å². The summed E-state index contributed by atoms with van der Waals surface area (Å²) in [4.78, 5) is 13.7. The smallest absolute Gasteiger partial charge is 0.224 e. The molecule has 0 saturated carbocycles. The first-order valence-electron chi connectivity index (χ1n) is 5.94. The van der Waals surface area contributed by atoms with E-state index < -0.39 is 0 Å². The minimum atomic E-state index is 0.0791. The number of hydrogen-bond donors (Lipinski definition) is 0. The lowest BCUT2D eigenvalue weighted by Crippen LogP contribution is -2.28. The second-order valence-corrected chi connectivity index (χ2v) is 4.70. The molecule has 2 nitrogen and oxygen atoms in total. The quantitative estimate of drug-likeness (QED) is 0.711. The fourth-order valence-electron chi connectivity index (χ4n) is 2.24. The van der Waals surface area contributed by atoms with Gasteiger partial charge in [-0.05, 0) is 19.4 Å². The van der Waals surface area contributed by atoms with Gasteiger partial charge in [-0.3, -0.25) is 4.79 Å². The zero-order valence-electron chi connectivity index (χ0n) is 10.3. The normalized spacial score (nSPS) is 21.4. The summed E-state index contributed by atoms with van der Waals surface area (Å²) < 4.78 is 0. The van der Waals surface area contributed by atoms with Crippen LogP contribution < -0.4 is 0 Å². The Labute approximate surface area is 103 Å². The molecule has 0 radical (unpaired) electrons. The molecule has 2 rings (SSSR count). The van der Waals surface area contributed by atoms with Crippen LogP contribution in [0.3, 0.4) is 0 Å². The number of aryl methyl sites for hydroxylation is 1. The van der Waals surface area contributed by atoms with Crippen LogP contribution in [-0.4, -0.2) is 17.4 Å². The summed E-state index contributed by atoms with van der Waals surface area (Å²) in [7, 11) is 0. The highest BCUT2D eigenvalue weighted by Gasteiger charge is 2.31. The van der Waals surface area contributed by atoms with Gasteiger partial charge in [-0.2, -0.15) is 0 Å². The molecule has 1 aromatic rings. The molecule has 1 saturated heterocycles. The zero-order valence-corrected chi connectivity index (χ0v) is 10.3. The van der Waals surface area contributed by atoms with Crippen LogP contribution in [0.2, 0.25) is 0 Å². The van der Waals surface area contributed by atoms with Gasteiger partial charge in [-0.25, -0.2) is 0 Å². The summed E-state index contributed by atoms with van der Waals surface area (Å²) in [5.74, 6) is 2.92. The molecule has 0 N–H and O–H groups in total. The highest BCUT2D eigenvalue weighted by Crippen LogP contribution is 2.28. The Morgan fingerprint density at radius 3 is 2.59 bits per heavy atom. The van der Waals surface area contributed by atoms with E-state index in [4.69, 9.17) is 6.42 Å². The summed E-state index contributed by atoms with van der Waals surface area (Å²) in [6, 6.07) is 8.42. The molecule has 0 bridgehead atoms. The standard InChI is InChI=1S/C15H17NO/c1-4-13-9-15(17)16(10-13)12(3)14-7-5-11(2)6-8-14/h1,5-8,12-13H,9-10H2,2-3H3. The van der Waals surface area contributed by atoms with Crippen molar-refractivity contribution in [2.24, 2.45) is 5.92 Å². The molecule has 0 spiro atoms. The molecule has 2 atom stereocenters. The number of terminal acetylenes is 1. The lowest BCUT2D eigenvalue weighted by molar-refractivity contribution is -0.129. The maximum absolute atomic E-state index is 11.9. The van der Waals surface area contributed by atoms with E-state index in [1.165, 1.54) is 11.1 Å². The van der Waals surface area contributed by atoms with Crippen molar-refractivity contribution >= 4 is 5.91 Å². The van der Waals surface area contributed by atoms with E-state index in [1.807, 2.05) is 4.90 Å². The highest BCUT2D eigenvalue weighted by atomic mass is 16.2. The molecule has 1 amide bonds. The number of carbonyl (C=O) groups excluding carboxylic acids is 1. The molecule has 88 valence electrons. The number of likely N-dealkylation sites (tertiary alicyclic amines) is 1. The van der Waals surface area contributed by atoms with E-state index in [-0.39, 0.29) is 17.9 Å². The molecule has 1 aliphatic heterocycles. The van der Waals surface area contributed by atoms with Gasteiger partial charge in [0.2, 0.25) is 5.91 Å². The van der Waals surface area contributed by atoms with Gasteiger partial charge in [0, 0.05) is 18.9 Å². The van der Waals surface area contributed by atoms with Crippen LogP contribution in [0.15, 0.2) is 24.3 Å². The minimum absolute atomic E-state index is 0.0791. The van der Waals surface area contributed by atoms with E-state index in [0.717, 1.165) is 0 Å². The number of carbonyl (C=O) groups is 1. The first-order valence-corrected chi connectivity index (χ1v) is 5.94. The van der Waals surface area contributed by atoms with Crippen molar-refractivity contribution in [3.8, 4) is 12.3 Å². The predicted molar refractivity (Wildman–Crippen MR) is 68.2 cm³/mol. The molecule has 2 unspecified atom stereocenters. The second-order valence-electron chi connectivity index (χ2n) is 4.70. The lowest BCUT2D eigenvalue weighted by atomic mass is 10.1. The van der Waals surface area contributed by atoms with Gasteiger partial charge in [0.15, 0.2) is 0 Å². The fraction of sp³-hybridized carbons (Fsp3) is 0.400. The van der Waals surface area contributed by atoms with Crippen LogP contribution in [0.25, 0.3) is 0 Å². The predicted octanol–water partition coefficient (Wildman–Crippen LogP) is 2.54. The molecule has 1 heterocycles. The van der Waals surface area contributed by atoms with Gasteiger partial charge in [0.25, 0.3) is 0 Å². The number of amides is 1. The number of hydrogen-bond acceptors (Lipinski definition) is 1. The van der Waals surface area contributed by atoms with Crippen molar-refractivity contribution in [1.29, 1.82) is 0 Å². The second kappa shape index (κ2) is 4.63. The molecule has 1 aliphatic rings. The maximum atomic E-state index is 11.9. The van der Waals surface area contributed by atoms with Crippen molar-refractivity contribution in [1.82, 2.24) is 4.90 Å². The van der Waals surface area contributed by atoms with E-state index in [9.17, 15) is 4.79 Å². The van der Waals surface area contributed by atoms with E-state index in [0.29, 0.717) is 13.0 Å². The Morgan fingerprint density at radius 2 is 2.06 bits per heavy atom. The summed E-state index contributed by atoms with van der Waals surface area (Å²) in [5, 5.41) is 0. The lowest BCUT2D eigenvalue weighted by Gasteiger charge is -2.25. The SMILES string of the molecule is C#CC1CC(=O)N(C(C)c2ccc(C)cc2)C1. The minimum Gasteiger partial charge on any atom is -0.335 e. The Hall–Kier alpha value is -1.75. The molecule has 2 heteroatoms. The van der Waals surface area contributed by atoms with Crippen LogP contribution in [0, 0.1) is 25.2 Å². The average molecular weight is 227 g/mol. The van der Waals surface area contributed by atoms with Crippen molar-refractivity contribution in [2.75, 3.05) is 6.54 Å². The Kier molecular flexibility index (Phi) is 3.19. The molecule has 0 aromatic heterocycles. The molecular weight excluding hydrogens is 210 g/mol. The molecule has 17 heavy (non-hydrogen) atoms. The van der Waals surface area contributed by atoms with Crippen molar-refractivity contribution in [2.45, 2.75) is 26.3 Å². The molecule has 1 aromatic carbocycles. The van der Waals surface area contributed by atoms with Crippen LogP contribution in [0.4, 0.5) is 0 Å². The Balaban J connectivity index is 2.16. The zero-order chi connectivity index (χ0) is 12.4. The maximum Gasteiger partial charge on any atom is 0.224 e. The van der Waals surface area contributed by atoms with Gasteiger partial charge in [-0.15, -0.1) is 12.3 Å². The third kappa shape index (κ3) is 2.34. The molecular formula is C15H17NO. The Morgan fingerprint density at radius 1 is 1.41 bits per heavy atom. The third-order valence-corrected chi connectivity index (χ3v) is 3.42. The fourth-order valence-corrected chi connectivity index (χ4v) is 2.24. The van der Waals surface area contributed by atoms with Crippen LogP contribution in [-0.2, 0) is 4.79 Å². The third-order valence-electron chi connectivity index (χ3n) is 3.42. The average Bonchev–Trinajstić information content (AvgIpc) is 2.71.